The van der Waals surface area contributed by atoms with Gasteiger partial charge in [-0.3, -0.25) is 4.79 Å². The lowest BCUT2D eigenvalue weighted by Crippen LogP contribution is -2.45. The molecule has 7 nitrogen and oxygen atoms in total. The highest BCUT2D eigenvalue weighted by Crippen LogP contribution is 2.15. The van der Waals surface area contributed by atoms with Crippen LogP contribution < -0.4 is 11.1 Å². The zero-order chi connectivity index (χ0) is 13.1. The van der Waals surface area contributed by atoms with Crippen molar-refractivity contribution in [1.29, 1.82) is 0 Å². The predicted octanol–water partition coefficient (Wildman–Crippen LogP) is 0.372. The Kier molecular flexibility index (Phi) is 3.72. The molecule has 1 aromatic heterocycles. The van der Waals surface area contributed by atoms with Crippen molar-refractivity contribution in [3.05, 3.63) is 17.5 Å². The van der Waals surface area contributed by atoms with Crippen molar-refractivity contribution >= 4 is 11.7 Å². The van der Waals surface area contributed by atoms with E-state index in [-0.39, 0.29) is 18.3 Å². The van der Waals surface area contributed by atoms with E-state index in [0.29, 0.717) is 5.76 Å². The number of amidine groups is 1. The molecule has 0 aromatic carbocycles. The second-order valence-corrected chi connectivity index (χ2v) is 4.23. The van der Waals surface area contributed by atoms with Crippen LogP contribution in [-0.4, -0.2) is 22.1 Å². The molecule has 0 fully saturated rings. The number of oxime groups is 1. The molecule has 0 saturated heterocycles. The molecule has 94 valence electrons. The van der Waals surface area contributed by atoms with Crippen molar-refractivity contribution in [2.24, 2.45) is 16.3 Å². The van der Waals surface area contributed by atoms with Gasteiger partial charge in [-0.1, -0.05) is 10.3 Å². The van der Waals surface area contributed by atoms with Crippen molar-refractivity contribution < 1.29 is 14.5 Å². The van der Waals surface area contributed by atoms with Gasteiger partial charge in [-0.05, 0) is 20.8 Å². The van der Waals surface area contributed by atoms with Gasteiger partial charge < -0.3 is 20.8 Å². The zero-order valence-electron chi connectivity index (χ0n) is 10.0. The van der Waals surface area contributed by atoms with Gasteiger partial charge in [0, 0.05) is 6.07 Å². The smallest absolute Gasteiger partial charge is 0.233 e. The van der Waals surface area contributed by atoms with Gasteiger partial charge in [-0.15, -0.1) is 0 Å². The highest BCUT2D eigenvalue weighted by molar-refractivity contribution is 6.05. The van der Waals surface area contributed by atoms with Gasteiger partial charge in [0.25, 0.3) is 0 Å². The third kappa shape index (κ3) is 2.96. The maximum Gasteiger partial charge on any atom is 0.233 e. The second kappa shape index (κ2) is 4.86. The molecular weight excluding hydrogens is 224 g/mol. The molecule has 0 atom stereocenters. The molecule has 0 radical (unpaired) electrons. The first-order chi connectivity index (χ1) is 7.87. The van der Waals surface area contributed by atoms with Crippen LogP contribution in [0.2, 0.25) is 0 Å². The molecule has 1 heterocycles. The van der Waals surface area contributed by atoms with E-state index in [2.05, 4.69) is 15.6 Å². The molecule has 0 bridgehead atoms. The van der Waals surface area contributed by atoms with Crippen LogP contribution in [0.4, 0.5) is 0 Å². The van der Waals surface area contributed by atoms with Crippen molar-refractivity contribution in [2.75, 3.05) is 0 Å². The van der Waals surface area contributed by atoms with Gasteiger partial charge in [0.15, 0.2) is 11.6 Å². The van der Waals surface area contributed by atoms with Crippen LogP contribution in [0.3, 0.4) is 0 Å². The average molecular weight is 240 g/mol. The zero-order valence-corrected chi connectivity index (χ0v) is 10.0. The summed E-state index contributed by atoms with van der Waals surface area (Å²) < 4.78 is 4.94. The van der Waals surface area contributed by atoms with E-state index in [0.717, 1.165) is 5.69 Å². The van der Waals surface area contributed by atoms with Gasteiger partial charge in [-0.2, -0.15) is 0 Å². The highest BCUT2D eigenvalue weighted by atomic mass is 16.5. The minimum absolute atomic E-state index is 0.149. The molecule has 0 spiro atoms. The number of aryl methyl sites for hydroxylation is 1. The molecular formula is C10H16N4O3. The summed E-state index contributed by atoms with van der Waals surface area (Å²) in [5.41, 5.74) is 5.09. The fraction of sp³-hybridized carbons (Fsp3) is 0.500. The molecule has 7 heteroatoms. The van der Waals surface area contributed by atoms with Gasteiger partial charge in [-0.25, -0.2) is 0 Å². The number of nitrogens with zero attached hydrogens (tertiary/aromatic N) is 2. The third-order valence-electron chi connectivity index (χ3n) is 2.42. The quantitative estimate of drug-likeness (QED) is 0.304. The van der Waals surface area contributed by atoms with E-state index < -0.39 is 5.41 Å². The van der Waals surface area contributed by atoms with E-state index in [1.807, 2.05) is 0 Å². The lowest BCUT2D eigenvalue weighted by atomic mass is 9.91. The Morgan fingerprint density at radius 1 is 1.71 bits per heavy atom. The van der Waals surface area contributed by atoms with Crippen molar-refractivity contribution in [3.63, 3.8) is 0 Å². The monoisotopic (exact) mass is 240 g/mol. The molecule has 0 saturated carbocycles. The van der Waals surface area contributed by atoms with Gasteiger partial charge >= 0.3 is 0 Å². The molecule has 1 aromatic rings. The minimum atomic E-state index is -1.08. The lowest BCUT2D eigenvalue weighted by molar-refractivity contribution is -0.126. The molecule has 1 amide bonds. The number of rotatable bonds is 4. The number of hydrogen-bond donors (Lipinski definition) is 3. The van der Waals surface area contributed by atoms with E-state index in [1.54, 1.807) is 26.8 Å². The number of hydrogen-bond acceptors (Lipinski definition) is 5. The summed E-state index contributed by atoms with van der Waals surface area (Å²) in [4.78, 5) is 11.8. The largest absolute Gasteiger partial charge is 0.409 e. The van der Waals surface area contributed by atoms with Crippen molar-refractivity contribution in [2.45, 2.75) is 27.3 Å². The Labute approximate surface area is 98.6 Å². The maximum absolute atomic E-state index is 11.8. The first kappa shape index (κ1) is 13.0. The van der Waals surface area contributed by atoms with Crippen LogP contribution >= 0.6 is 0 Å². The van der Waals surface area contributed by atoms with E-state index in [9.17, 15) is 4.79 Å². The fourth-order valence-corrected chi connectivity index (χ4v) is 1.13. The number of nitrogens with two attached hydrogens (primary N) is 1. The van der Waals surface area contributed by atoms with Gasteiger partial charge in [0.05, 0.1) is 12.2 Å². The second-order valence-electron chi connectivity index (χ2n) is 4.23. The number of carbonyl (C=O) groups is 1. The summed E-state index contributed by atoms with van der Waals surface area (Å²) in [5, 5.41) is 17.7. The Morgan fingerprint density at radius 3 is 2.82 bits per heavy atom. The summed E-state index contributed by atoms with van der Waals surface area (Å²) in [6.07, 6.45) is 0. The molecule has 17 heavy (non-hydrogen) atoms. The average Bonchev–Trinajstić information content (AvgIpc) is 2.70. The SMILES string of the molecule is Cc1cc(CNC(=O)C(C)(C)C(N)=NO)on1. The van der Waals surface area contributed by atoms with Crippen molar-refractivity contribution in [1.82, 2.24) is 10.5 Å². The van der Waals surface area contributed by atoms with Crippen LogP contribution in [-0.2, 0) is 11.3 Å². The summed E-state index contributed by atoms with van der Waals surface area (Å²) >= 11 is 0. The third-order valence-corrected chi connectivity index (χ3v) is 2.42. The van der Waals surface area contributed by atoms with Crippen LogP contribution in [0, 0.1) is 12.3 Å². The Bertz CT molecular complexity index is 437. The summed E-state index contributed by atoms with van der Waals surface area (Å²) in [5.74, 6) is 0.0387. The maximum atomic E-state index is 11.8. The summed E-state index contributed by atoms with van der Waals surface area (Å²) in [6.45, 7) is 5.11. The first-order valence-electron chi connectivity index (χ1n) is 5.06. The van der Waals surface area contributed by atoms with Gasteiger partial charge in [0.2, 0.25) is 5.91 Å². The molecule has 0 aliphatic rings. The predicted molar refractivity (Wildman–Crippen MR) is 60.3 cm³/mol. The van der Waals surface area contributed by atoms with Crippen LogP contribution in [0.1, 0.15) is 25.3 Å². The molecule has 1 rings (SSSR count). The normalized spacial score (nSPS) is 12.5. The van der Waals surface area contributed by atoms with Crippen LogP contribution in [0.15, 0.2) is 15.7 Å². The molecule has 4 N–H and O–H groups in total. The Hall–Kier alpha value is -2.05. The van der Waals surface area contributed by atoms with E-state index in [4.69, 9.17) is 15.5 Å². The van der Waals surface area contributed by atoms with Crippen LogP contribution in [0.25, 0.3) is 0 Å². The minimum Gasteiger partial charge on any atom is -0.409 e. The summed E-state index contributed by atoms with van der Waals surface area (Å²) in [7, 11) is 0. The standard InChI is InChI=1S/C10H16N4O3/c1-6-4-7(17-14-6)5-12-9(15)10(2,3)8(11)13-16/h4,16H,5H2,1-3H3,(H2,11,13)(H,12,15). The lowest BCUT2D eigenvalue weighted by Gasteiger charge is -2.21. The highest BCUT2D eigenvalue weighted by Gasteiger charge is 2.32. The molecule has 0 aliphatic heterocycles. The Balaban J connectivity index is 2.61. The number of carbonyl (C=O) groups excluding carboxylic acids is 1. The topological polar surface area (TPSA) is 114 Å². The van der Waals surface area contributed by atoms with Crippen molar-refractivity contribution in [3.8, 4) is 0 Å². The van der Waals surface area contributed by atoms with E-state index in [1.165, 1.54) is 0 Å². The number of aromatic nitrogens is 1. The van der Waals surface area contributed by atoms with Crippen LogP contribution in [0.5, 0.6) is 0 Å². The Morgan fingerprint density at radius 2 is 2.35 bits per heavy atom. The molecule has 0 aliphatic carbocycles. The van der Waals surface area contributed by atoms with Gasteiger partial charge in [0.1, 0.15) is 5.41 Å². The first-order valence-corrected chi connectivity index (χ1v) is 5.06. The number of amides is 1. The number of nitrogens with one attached hydrogen (secondary N) is 1. The summed E-state index contributed by atoms with van der Waals surface area (Å²) in [6, 6.07) is 1.72. The van der Waals surface area contributed by atoms with E-state index >= 15 is 0 Å². The molecule has 0 unspecified atom stereocenters. The fourth-order valence-electron chi connectivity index (χ4n) is 1.13.